The highest BCUT2D eigenvalue weighted by Gasteiger charge is 2.33. The fourth-order valence-electron chi connectivity index (χ4n) is 2.72. The highest BCUT2D eigenvalue weighted by Crippen LogP contribution is 2.37. The number of hydrogen-bond donors (Lipinski definition) is 1. The summed E-state index contributed by atoms with van der Waals surface area (Å²) in [6.07, 6.45) is 2.21. The summed E-state index contributed by atoms with van der Waals surface area (Å²) < 4.78 is 11.5. The van der Waals surface area contributed by atoms with Crippen molar-refractivity contribution in [2.24, 2.45) is 0 Å². The number of anilines is 1. The van der Waals surface area contributed by atoms with Crippen molar-refractivity contribution < 1.29 is 24.2 Å². The van der Waals surface area contributed by atoms with Gasteiger partial charge < -0.3 is 14.6 Å². The molecule has 0 bridgehead atoms. The zero-order valence-corrected chi connectivity index (χ0v) is 17.3. The minimum absolute atomic E-state index is 0.0453. The van der Waals surface area contributed by atoms with Gasteiger partial charge in [0, 0.05) is 6.42 Å². The van der Waals surface area contributed by atoms with Crippen LogP contribution in [0.1, 0.15) is 18.4 Å². The van der Waals surface area contributed by atoms with Crippen LogP contribution in [-0.4, -0.2) is 35.0 Å². The number of thiocarbonyl (C=S) groups is 1. The average Bonchev–Trinajstić information content (AvgIpc) is 2.99. The Balaban J connectivity index is 1.75. The van der Waals surface area contributed by atoms with Crippen molar-refractivity contribution in [3.8, 4) is 11.5 Å². The molecule has 8 heteroatoms. The van der Waals surface area contributed by atoms with Crippen LogP contribution in [0.2, 0.25) is 0 Å². The molecule has 0 radical (unpaired) electrons. The topological polar surface area (TPSA) is 76.1 Å². The van der Waals surface area contributed by atoms with Gasteiger partial charge in [-0.15, -0.1) is 0 Å². The van der Waals surface area contributed by atoms with E-state index in [1.165, 1.54) is 23.8 Å². The van der Waals surface area contributed by atoms with Gasteiger partial charge in [-0.25, -0.2) is 0 Å². The number of carbonyl (C=O) groups excluding carboxylic acids is 1. The molecule has 0 spiro atoms. The third kappa shape index (κ3) is 5.16. The van der Waals surface area contributed by atoms with Crippen LogP contribution in [0.15, 0.2) is 53.4 Å². The Hall–Kier alpha value is -2.84. The van der Waals surface area contributed by atoms with E-state index in [9.17, 15) is 9.59 Å². The number of carboxylic acids is 1. The third-order valence-electron chi connectivity index (χ3n) is 4.09. The van der Waals surface area contributed by atoms with Crippen molar-refractivity contribution in [3.05, 3.63) is 59.0 Å². The van der Waals surface area contributed by atoms with Gasteiger partial charge in [0.2, 0.25) is 0 Å². The Morgan fingerprint density at radius 1 is 1.21 bits per heavy atom. The molecule has 0 aliphatic carbocycles. The molecule has 1 fully saturated rings. The highest BCUT2D eigenvalue weighted by atomic mass is 32.2. The molecule has 150 valence electrons. The Morgan fingerprint density at radius 2 is 1.97 bits per heavy atom. The molecule has 0 atom stereocenters. The van der Waals surface area contributed by atoms with E-state index in [0.717, 1.165) is 11.3 Å². The van der Waals surface area contributed by atoms with Crippen molar-refractivity contribution in [3.63, 3.8) is 0 Å². The second kappa shape index (κ2) is 9.58. The number of ether oxygens (including phenoxy) is 2. The van der Waals surface area contributed by atoms with Crippen molar-refractivity contribution in [2.75, 3.05) is 18.6 Å². The minimum atomic E-state index is -0.858. The molecule has 1 aliphatic heterocycles. The predicted molar refractivity (Wildman–Crippen MR) is 117 cm³/mol. The molecular formula is C21H19NO5S2. The normalized spacial score (nSPS) is 15.1. The number of aliphatic carboxylic acids is 1. The summed E-state index contributed by atoms with van der Waals surface area (Å²) >= 11 is 6.63. The maximum absolute atomic E-state index is 12.8. The maximum Gasteiger partial charge on any atom is 0.303 e. The Bertz CT molecular complexity index is 959. The number of para-hydroxylation sites is 1. The standard InChI is InChI=1S/C21H19NO5S2/c1-26-17-12-14(9-10-16(17)27-11-5-8-19(23)24)13-18-20(25)22(21(28)29-18)15-6-3-2-4-7-15/h2-4,6-7,9-10,12-13H,5,8,11H2,1H3,(H,23,24). The van der Waals surface area contributed by atoms with Gasteiger partial charge in [-0.3, -0.25) is 14.5 Å². The molecule has 2 aromatic carbocycles. The first-order chi connectivity index (χ1) is 14.0. The number of carboxylic acid groups (broad SMARTS) is 1. The minimum Gasteiger partial charge on any atom is -0.493 e. The van der Waals surface area contributed by atoms with Gasteiger partial charge in [0.1, 0.15) is 0 Å². The molecule has 6 nitrogen and oxygen atoms in total. The predicted octanol–water partition coefficient (Wildman–Crippen LogP) is 4.34. The number of methoxy groups -OCH3 is 1. The highest BCUT2D eigenvalue weighted by molar-refractivity contribution is 8.27. The molecule has 1 aliphatic rings. The zero-order valence-electron chi connectivity index (χ0n) is 15.7. The third-order valence-corrected chi connectivity index (χ3v) is 5.39. The van der Waals surface area contributed by atoms with E-state index in [2.05, 4.69) is 0 Å². The molecular weight excluding hydrogens is 410 g/mol. The maximum atomic E-state index is 12.8. The summed E-state index contributed by atoms with van der Waals surface area (Å²) in [4.78, 5) is 25.4. The number of rotatable bonds is 8. The van der Waals surface area contributed by atoms with Crippen LogP contribution < -0.4 is 14.4 Å². The zero-order chi connectivity index (χ0) is 20.8. The molecule has 1 N–H and O–H groups in total. The van der Waals surface area contributed by atoms with Gasteiger partial charge in [-0.05, 0) is 42.3 Å². The molecule has 1 saturated heterocycles. The molecule has 1 amide bonds. The molecule has 29 heavy (non-hydrogen) atoms. The number of thioether (sulfide) groups is 1. The van der Waals surface area contributed by atoms with Crippen LogP contribution in [0.3, 0.4) is 0 Å². The second-order valence-electron chi connectivity index (χ2n) is 6.11. The summed E-state index contributed by atoms with van der Waals surface area (Å²) in [5.41, 5.74) is 1.51. The van der Waals surface area contributed by atoms with Gasteiger partial charge >= 0.3 is 5.97 Å². The fraction of sp³-hybridized carbons (Fsp3) is 0.190. The molecule has 0 unspecified atom stereocenters. The van der Waals surface area contributed by atoms with Crippen molar-refractivity contribution in [2.45, 2.75) is 12.8 Å². The molecule has 1 heterocycles. The van der Waals surface area contributed by atoms with Crippen LogP contribution in [0.4, 0.5) is 5.69 Å². The lowest BCUT2D eigenvalue weighted by atomic mass is 10.1. The van der Waals surface area contributed by atoms with Crippen LogP contribution in [0, 0.1) is 0 Å². The quantitative estimate of drug-likeness (QED) is 0.380. The van der Waals surface area contributed by atoms with E-state index in [4.69, 9.17) is 26.8 Å². The van der Waals surface area contributed by atoms with E-state index in [-0.39, 0.29) is 18.9 Å². The number of hydrogen-bond acceptors (Lipinski definition) is 6. The first kappa shape index (κ1) is 20.9. The Kier molecular flexibility index (Phi) is 6.90. The van der Waals surface area contributed by atoms with Crippen LogP contribution in [0.5, 0.6) is 11.5 Å². The largest absolute Gasteiger partial charge is 0.493 e. The van der Waals surface area contributed by atoms with E-state index >= 15 is 0 Å². The van der Waals surface area contributed by atoms with Gasteiger partial charge in [-0.1, -0.05) is 48.2 Å². The Labute approximate surface area is 178 Å². The fourth-order valence-corrected chi connectivity index (χ4v) is 4.02. The molecule has 0 aromatic heterocycles. The smallest absolute Gasteiger partial charge is 0.303 e. The van der Waals surface area contributed by atoms with Gasteiger partial charge in [0.15, 0.2) is 15.8 Å². The first-order valence-corrected chi connectivity index (χ1v) is 10.1. The van der Waals surface area contributed by atoms with Gasteiger partial charge in [0.05, 0.1) is 24.3 Å². The van der Waals surface area contributed by atoms with Gasteiger partial charge in [0.25, 0.3) is 5.91 Å². The molecule has 3 rings (SSSR count). The number of amides is 1. The summed E-state index contributed by atoms with van der Waals surface area (Å²) in [7, 11) is 1.53. The first-order valence-electron chi connectivity index (χ1n) is 8.85. The number of benzene rings is 2. The van der Waals surface area contributed by atoms with Crippen LogP contribution in [-0.2, 0) is 9.59 Å². The number of nitrogens with zero attached hydrogens (tertiary/aromatic N) is 1. The van der Waals surface area contributed by atoms with E-state index in [0.29, 0.717) is 27.1 Å². The summed E-state index contributed by atoms with van der Waals surface area (Å²) in [5.74, 6) is 0.00220. The van der Waals surface area contributed by atoms with E-state index in [1.807, 2.05) is 36.4 Å². The monoisotopic (exact) mass is 429 g/mol. The van der Waals surface area contributed by atoms with E-state index in [1.54, 1.807) is 18.2 Å². The van der Waals surface area contributed by atoms with Crippen molar-refractivity contribution >= 4 is 51.9 Å². The van der Waals surface area contributed by atoms with Crippen molar-refractivity contribution in [1.82, 2.24) is 0 Å². The van der Waals surface area contributed by atoms with E-state index < -0.39 is 5.97 Å². The second-order valence-corrected chi connectivity index (χ2v) is 7.78. The van der Waals surface area contributed by atoms with Crippen molar-refractivity contribution in [1.29, 1.82) is 0 Å². The molecule has 0 saturated carbocycles. The van der Waals surface area contributed by atoms with Crippen LogP contribution in [0.25, 0.3) is 6.08 Å². The van der Waals surface area contributed by atoms with Gasteiger partial charge in [-0.2, -0.15) is 0 Å². The van der Waals surface area contributed by atoms with Crippen LogP contribution >= 0.6 is 24.0 Å². The summed E-state index contributed by atoms with van der Waals surface area (Å²) in [6, 6.07) is 14.6. The lowest BCUT2D eigenvalue weighted by Gasteiger charge is -2.13. The average molecular weight is 430 g/mol. The lowest BCUT2D eigenvalue weighted by Crippen LogP contribution is -2.27. The summed E-state index contributed by atoms with van der Waals surface area (Å²) in [5, 5.41) is 8.69. The SMILES string of the molecule is COc1cc(C=C2SC(=S)N(c3ccccc3)C2=O)ccc1OCCCC(=O)O. The Morgan fingerprint density at radius 3 is 2.66 bits per heavy atom. The molecule has 2 aromatic rings. The summed E-state index contributed by atoms with van der Waals surface area (Å²) in [6.45, 7) is 0.276. The number of carbonyl (C=O) groups is 2. The lowest BCUT2D eigenvalue weighted by molar-refractivity contribution is -0.137.